The van der Waals surface area contributed by atoms with Gasteiger partial charge in [0.15, 0.2) is 0 Å². The first kappa shape index (κ1) is 21.6. The van der Waals surface area contributed by atoms with Crippen molar-refractivity contribution in [3.05, 3.63) is 59.9 Å². The molecule has 0 aliphatic heterocycles. The predicted octanol–water partition coefficient (Wildman–Crippen LogP) is 4.16. The zero-order valence-electron chi connectivity index (χ0n) is 17.1. The van der Waals surface area contributed by atoms with Crippen LogP contribution in [0.2, 0.25) is 0 Å². The lowest BCUT2D eigenvalue weighted by molar-refractivity contribution is 0.0964. The molecule has 0 bridgehead atoms. The van der Waals surface area contributed by atoms with E-state index in [-0.39, 0.29) is 17.8 Å². The van der Waals surface area contributed by atoms with Crippen LogP contribution in [0.4, 0.5) is 10.1 Å². The van der Waals surface area contributed by atoms with Gasteiger partial charge in [0, 0.05) is 12.6 Å². The average molecular weight is 431 g/mol. The normalized spacial score (nSPS) is 11.5. The molecule has 0 spiro atoms. The minimum atomic E-state index is -3.53. The second-order valence-corrected chi connectivity index (χ2v) is 8.97. The molecule has 0 atom stereocenters. The van der Waals surface area contributed by atoms with Crippen LogP contribution >= 0.6 is 0 Å². The summed E-state index contributed by atoms with van der Waals surface area (Å²) in [6.07, 6.45) is 0.883. The molecule has 3 rings (SSSR count). The topological polar surface area (TPSA) is 84.5 Å². The lowest BCUT2D eigenvalue weighted by atomic mass is 9.94. The molecule has 8 heteroatoms. The van der Waals surface area contributed by atoms with E-state index in [1.807, 2.05) is 13.8 Å². The fourth-order valence-electron chi connectivity index (χ4n) is 3.15. The van der Waals surface area contributed by atoms with Gasteiger partial charge in [-0.25, -0.2) is 12.8 Å². The fourth-order valence-corrected chi connectivity index (χ4v) is 3.71. The molecule has 0 saturated carbocycles. The Balaban J connectivity index is 2.28. The van der Waals surface area contributed by atoms with Crippen molar-refractivity contribution in [1.82, 2.24) is 5.32 Å². The van der Waals surface area contributed by atoms with E-state index in [1.165, 1.54) is 19.2 Å². The highest BCUT2D eigenvalue weighted by Crippen LogP contribution is 2.36. The highest BCUT2D eigenvalue weighted by atomic mass is 32.2. The molecule has 0 radical (unpaired) electrons. The Morgan fingerprint density at radius 3 is 2.23 bits per heavy atom. The fraction of sp³-hybridized carbons (Fsp3) is 0.227. The van der Waals surface area contributed by atoms with E-state index in [9.17, 15) is 17.6 Å². The lowest BCUT2D eigenvalue weighted by Gasteiger charge is -2.17. The minimum Gasteiger partial charge on any atom is -0.489 e. The largest absolute Gasteiger partial charge is 0.489 e. The molecule has 0 aliphatic rings. The molecule has 1 amide bonds. The van der Waals surface area contributed by atoms with Crippen molar-refractivity contribution in [3.8, 4) is 16.9 Å². The predicted molar refractivity (Wildman–Crippen MR) is 117 cm³/mol. The molecule has 158 valence electrons. The van der Waals surface area contributed by atoms with Gasteiger partial charge in [0.2, 0.25) is 10.0 Å². The summed E-state index contributed by atoms with van der Waals surface area (Å²) in [5.41, 5.74) is 1.98. The molecule has 3 aromatic carbocycles. The van der Waals surface area contributed by atoms with Gasteiger partial charge < -0.3 is 10.1 Å². The number of halogens is 1. The van der Waals surface area contributed by atoms with Crippen LogP contribution in [0.5, 0.6) is 5.75 Å². The van der Waals surface area contributed by atoms with Crippen LogP contribution in [-0.4, -0.2) is 33.7 Å². The Labute approximate surface area is 175 Å². The number of rotatable bonds is 6. The summed E-state index contributed by atoms with van der Waals surface area (Å²) in [5, 5.41) is 4.02. The molecule has 0 fully saturated rings. The Kier molecular flexibility index (Phi) is 5.98. The van der Waals surface area contributed by atoms with Gasteiger partial charge in [-0.1, -0.05) is 12.1 Å². The smallest absolute Gasteiger partial charge is 0.251 e. The number of anilines is 1. The molecule has 6 nitrogen and oxygen atoms in total. The Morgan fingerprint density at radius 2 is 1.67 bits per heavy atom. The summed E-state index contributed by atoms with van der Waals surface area (Å²) in [6, 6.07) is 12.7. The van der Waals surface area contributed by atoms with Gasteiger partial charge in [-0.3, -0.25) is 9.52 Å². The molecule has 0 saturated heterocycles. The number of benzene rings is 3. The molecule has 0 unspecified atom stereocenters. The summed E-state index contributed by atoms with van der Waals surface area (Å²) >= 11 is 0. The SMILES string of the molecule is CNC(=O)c1cc2cc(OC(C)C)c(NS(C)(=O)=O)cc2cc1-c1ccc(F)cc1. The third-order valence-electron chi connectivity index (χ3n) is 4.36. The number of carbonyl (C=O) groups is 1. The lowest BCUT2D eigenvalue weighted by Crippen LogP contribution is -2.18. The van der Waals surface area contributed by atoms with Crippen LogP contribution in [0.1, 0.15) is 24.2 Å². The molecule has 30 heavy (non-hydrogen) atoms. The first-order valence-electron chi connectivity index (χ1n) is 9.31. The van der Waals surface area contributed by atoms with Gasteiger partial charge in [0.25, 0.3) is 5.91 Å². The van der Waals surface area contributed by atoms with Crippen LogP contribution in [0.25, 0.3) is 21.9 Å². The van der Waals surface area contributed by atoms with E-state index in [0.29, 0.717) is 38.9 Å². The molecule has 0 aromatic heterocycles. The van der Waals surface area contributed by atoms with Gasteiger partial charge in [-0.15, -0.1) is 0 Å². The maximum absolute atomic E-state index is 13.4. The van der Waals surface area contributed by atoms with E-state index < -0.39 is 10.0 Å². The van der Waals surface area contributed by atoms with Crippen molar-refractivity contribution in [2.75, 3.05) is 18.0 Å². The van der Waals surface area contributed by atoms with Crippen molar-refractivity contribution >= 4 is 32.4 Å². The van der Waals surface area contributed by atoms with Crippen LogP contribution < -0.4 is 14.8 Å². The maximum atomic E-state index is 13.4. The van der Waals surface area contributed by atoms with Crippen LogP contribution in [0.15, 0.2) is 48.5 Å². The van der Waals surface area contributed by atoms with Crippen molar-refractivity contribution in [2.24, 2.45) is 0 Å². The number of nitrogens with one attached hydrogen (secondary N) is 2. The molecular weight excluding hydrogens is 407 g/mol. The first-order valence-corrected chi connectivity index (χ1v) is 11.2. The Hall–Kier alpha value is -3.13. The number of sulfonamides is 1. The van der Waals surface area contributed by atoms with E-state index >= 15 is 0 Å². The standard InChI is InChI=1S/C22H23FN2O4S/c1-13(2)29-21-12-16-10-19(22(26)24-3)18(14-5-7-17(23)8-6-14)9-15(16)11-20(21)25-30(4,27)28/h5-13,25H,1-4H3,(H,24,26). The first-order chi connectivity index (χ1) is 14.1. The van der Waals surface area contributed by atoms with Crippen molar-refractivity contribution in [1.29, 1.82) is 0 Å². The monoisotopic (exact) mass is 430 g/mol. The van der Waals surface area contributed by atoms with Gasteiger partial charge in [0.1, 0.15) is 11.6 Å². The number of fused-ring (bicyclic) bond motifs is 1. The third kappa shape index (κ3) is 4.88. The number of carbonyl (C=O) groups excluding carboxylic acids is 1. The van der Waals surface area contributed by atoms with Crippen LogP contribution in [0.3, 0.4) is 0 Å². The van der Waals surface area contributed by atoms with E-state index in [0.717, 1.165) is 6.26 Å². The molecular formula is C22H23FN2O4S. The minimum absolute atomic E-state index is 0.181. The summed E-state index contributed by atoms with van der Waals surface area (Å²) in [5.74, 6) is -0.308. The number of hydrogen-bond donors (Lipinski definition) is 2. The van der Waals surface area contributed by atoms with Gasteiger partial charge in [0.05, 0.1) is 18.0 Å². The summed E-state index contributed by atoms with van der Waals surface area (Å²) < 4.78 is 45.3. The van der Waals surface area contributed by atoms with Crippen molar-refractivity contribution in [2.45, 2.75) is 20.0 Å². The van der Waals surface area contributed by atoms with Gasteiger partial charge in [-0.2, -0.15) is 0 Å². The zero-order chi connectivity index (χ0) is 22.1. The molecule has 3 aromatic rings. The summed E-state index contributed by atoms with van der Waals surface area (Å²) in [4.78, 5) is 12.5. The third-order valence-corrected chi connectivity index (χ3v) is 4.95. The van der Waals surface area contributed by atoms with E-state index in [4.69, 9.17) is 4.74 Å². The Bertz CT molecular complexity index is 1210. The number of hydrogen-bond acceptors (Lipinski definition) is 4. The molecule has 0 heterocycles. The van der Waals surface area contributed by atoms with Crippen molar-refractivity contribution in [3.63, 3.8) is 0 Å². The average Bonchev–Trinajstić information content (AvgIpc) is 2.66. The second-order valence-electron chi connectivity index (χ2n) is 7.22. The van der Waals surface area contributed by atoms with E-state index in [2.05, 4.69) is 10.0 Å². The highest BCUT2D eigenvalue weighted by Gasteiger charge is 2.17. The van der Waals surface area contributed by atoms with Crippen LogP contribution in [0, 0.1) is 5.82 Å². The molecule has 2 N–H and O–H groups in total. The summed E-state index contributed by atoms with van der Waals surface area (Å²) in [6.45, 7) is 3.67. The quantitative estimate of drug-likeness (QED) is 0.615. The zero-order valence-corrected chi connectivity index (χ0v) is 17.9. The van der Waals surface area contributed by atoms with Gasteiger partial charge in [-0.05, 0) is 72.1 Å². The second kappa shape index (κ2) is 8.31. The molecule has 0 aliphatic carbocycles. The van der Waals surface area contributed by atoms with Crippen LogP contribution in [-0.2, 0) is 10.0 Å². The van der Waals surface area contributed by atoms with Gasteiger partial charge >= 0.3 is 0 Å². The summed E-state index contributed by atoms with van der Waals surface area (Å²) in [7, 11) is -2.00. The van der Waals surface area contributed by atoms with Crippen molar-refractivity contribution < 1.29 is 22.3 Å². The highest BCUT2D eigenvalue weighted by molar-refractivity contribution is 7.92. The Morgan fingerprint density at radius 1 is 1.03 bits per heavy atom. The number of ether oxygens (including phenoxy) is 1. The van der Waals surface area contributed by atoms with E-state index in [1.54, 1.807) is 36.4 Å². The number of amides is 1. The maximum Gasteiger partial charge on any atom is 0.251 e.